The summed E-state index contributed by atoms with van der Waals surface area (Å²) < 4.78 is 11.4. The fourth-order valence-corrected chi connectivity index (χ4v) is 1.77. The van der Waals surface area contributed by atoms with E-state index in [1.165, 1.54) is 11.1 Å². The van der Waals surface area contributed by atoms with E-state index in [0.717, 1.165) is 32.5 Å². The van der Waals surface area contributed by atoms with Gasteiger partial charge >= 0.3 is 0 Å². The minimum atomic E-state index is -0.112. The highest BCUT2D eigenvalue weighted by Gasteiger charge is 2.07. The largest absolute Gasteiger partial charge is 0.352 e. The number of benzene rings is 1. The van der Waals surface area contributed by atoms with Crippen molar-refractivity contribution in [3.8, 4) is 0 Å². The van der Waals surface area contributed by atoms with Crippen molar-refractivity contribution in [2.45, 2.75) is 46.3 Å². The van der Waals surface area contributed by atoms with Crippen molar-refractivity contribution in [2.75, 3.05) is 13.2 Å². The second-order valence-electron chi connectivity index (χ2n) is 4.66. The number of ether oxygens (including phenoxy) is 2. The van der Waals surface area contributed by atoms with E-state index in [2.05, 4.69) is 51.1 Å². The summed E-state index contributed by atoms with van der Waals surface area (Å²) in [6.07, 6.45) is 4.94. The number of hydrogen-bond donors (Lipinski definition) is 0. The van der Waals surface area contributed by atoms with E-state index >= 15 is 0 Å². The third-order valence-electron chi connectivity index (χ3n) is 2.86. The fraction of sp³-hybridized carbons (Fsp3) is 0.529. The molecule has 0 unspecified atom stereocenters. The summed E-state index contributed by atoms with van der Waals surface area (Å²) in [5.41, 5.74) is 2.53. The summed E-state index contributed by atoms with van der Waals surface area (Å²) in [7, 11) is 0. The highest BCUT2D eigenvalue weighted by atomic mass is 16.7. The van der Waals surface area contributed by atoms with Crippen LogP contribution >= 0.6 is 0 Å². The third-order valence-corrected chi connectivity index (χ3v) is 2.86. The van der Waals surface area contributed by atoms with Crippen molar-refractivity contribution in [1.82, 2.24) is 0 Å². The quantitative estimate of drug-likeness (QED) is 0.603. The average molecular weight is 262 g/mol. The third kappa shape index (κ3) is 6.55. The molecule has 0 aliphatic rings. The molecule has 0 atom stereocenters. The lowest BCUT2D eigenvalue weighted by molar-refractivity contribution is -0.139. The minimum Gasteiger partial charge on any atom is -0.352 e. The summed E-state index contributed by atoms with van der Waals surface area (Å²) in [5, 5.41) is 0. The summed E-state index contributed by atoms with van der Waals surface area (Å²) in [6.45, 7) is 7.87. The maximum absolute atomic E-state index is 5.71. The molecular formula is C17H26O2. The van der Waals surface area contributed by atoms with Gasteiger partial charge in [-0.05, 0) is 30.9 Å². The zero-order valence-corrected chi connectivity index (χ0v) is 12.4. The Morgan fingerprint density at radius 2 is 1.63 bits per heavy atom. The van der Waals surface area contributed by atoms with Crippen LogP contribution in [-0.2, 0) is 9.47 Å². The molecule has 1 rings (SSSR count). The van der Waals surface area contributed by atoms with Crippen LogP contribution in [0.2, 0.25) is 0 Å². The van der Waals surface area contributed by atoms with Crippen LogP contribution in [0.3, 0.4) is 0 Å². The monoisotopic (exact) mass is 262 g/mol. The number of allylic oxidation sites excluding steroid dienone is 1. The Hall–Kier alpha value is -1.12. The Morgan fingerprint density at radius 1 is 1.05 bits per heavy atom. The first kappa shape index (κ1) is 15.9. The zero-order valence-electron chi connectivity index (χ0n) is 12.4. The van der Waals surface area contributed by atoms with Gasteiger partial charge in [-0.3, -0.25) is 0 Å². The van der Waals surface area contributed by atoms with Gasteiger partial charge < -0.3 is 9.47 Å². The first-order valence-corrected chi connectivity index (χ1v) is 7.23. The van der Waals surface area contributed by atoms with Crippen LogP contribution in [0.5, 0.6) is 0 Å². The van der Waals surface area contributed by atoms with Crippen LogP contribution in [0.25, 0.3) is 5.57 Å². The second kappa shape index (κ2) is 9.76. The van der Waals surface area contributed by atoms with Crippen LogP contribution in [0, 0.1) is 0 Å². The van der Waals surface area contributed by atoms with Crippen molar-refractivity contribution in [3.05, 3.63) is 42.0 Å². The molecule has 0 saturated carbocycles. The van der Waals surface area contributed by atoms with Crippen molar-refractivity contribution >= 4 is 5.57 Å². The van der Waals surface area contributed by atoms with Gasteiger partial charge in [0.25, 0.3) is 0 Å². The van der Waals surface area contributed by atoms with Crippen LogP contribution in [0.1, 0.15) is 45.6 Å². The molecule has 19 heavy (non-hydrogen) atoms. The lowest BCUT2D eigenvalue weighted by Crippen LogP contribution is -2.17. The van der Waals surface area contributed by atoms with Gasteiger partial charge in [0, 0.05) is 19.6 Å². The molecule has 0 saturated heterocycles. The van der Waals surface area contributed by atoms with Crippen LogP contribution in [0.4, 0.5) is 0 Å². The van der Waals surface area contributed by atoms with Gasteiger partial charge in [-0.1, -0.05) is 50.3 Å². The molecule has 0 aliphatic heterocycles. The SMILES string of the molecule is CCCOC(CC=C(C)c1ccccc1)OCCC. The molecule has 106 valence electrons. The molecule has 0 amide bonds. The molecule has 0 aliphatic carbocycles. The summed E-state index contributed by atoms with van der Waals surface area (Å²) in [6, 6.07) is 10.4. The Labute approximate surface area is 117 Å². The maximum Gasteiger partial charge on any atom is 0.160 e. The second-order valence-corrected chi connectivity index (χ2v) is 4.66. The Morgan fingerprint density at radius 3 is 2.16 bits per heavy atom. The summed E-state index contributed by atoms with van der Waals surface area (Å²) >= 11 is 0. The van der Waals surface area contributed by atoms with Gasteiger partial charge in [-0.15, -0.1) is 0 Å². The van der Waals surface area contributed by atoms with E-state index in [1.54, 1.807) is 0 Å². The highest BCUT2D eigenvalue weighted by molar-refractivity contribution is 5.63. The van der Waals surface area contributed by atoms with Gasteiger partial charge in [-0.25, -0.2) is 0 Å². The summed E-state index contributed by atoms with van der Waals surface area (Å²) in [5.74, 6) is 0. The van der Waals surface area contributed by atoms with Crippen LogP contribution in [-0.4, -0.2) is 19.5 Å². The first-order chi connectivity index (χ1) is 9.27. The van der Waals surface area contributed by atoms with Crippen LogP contribution < -0.4 is 0 Å². The molecule has 0 spiro atoms. The Balaban J connectivity index is 2.53. The van der Waals surface area contributed by atoms with Crippen molar-refractivity contribution in [3.63, 3.8) is 0 Å². The molecule has 1 aromatic carbocycles. The van der Waals surface area contributed by atoms with Crippen molar-refractivity contribution in [2.24, 2.45) is 0 Å². The van der Waals surface area contributed by atoms with Crippen molar-refractivity contribution in [1.29, 1.82) is 0 Å². The van der Waals surface area contributed by atoms with E-state index in [-0.39, 0.29) is 6.29 Å². The standard InChI is InChI=1S/C17H26O2/c1-4-13-18-17(19-14-5-2)12-11-15(3)16-9-7-6-8-10-16/h6-11,17H,4-5,12-14H2,1-3H3. The number of hydrogen-bond acceptors (Lipinski definition) is 2. The van der Waals surface area contributed by atoms with Crippen molar-refractivity contribution < 1.29 is 9.47 Å². The zero-order chi connectivity index (χ0) is 13.9. The Kier molecular flexibility index (Phi) is 8.19. The normalized spacial score (nSPS) is 12.1. The topological polar surface area (TPSA) is 18.5 Å². The van der Waals surface area contributed by atoms with Gasteiger partial charge in [0.1, 0.15) is 0 Å². The van der Waals surface area contributed by atoms with E-state index in [4.69, 9.17) is 9.47 Å². The molecule has 2 heteroatoms. The van der Waals surface area contributed by atoms with E-state index in [1.807, 2.05) is 6.07 Å². The minimum absolute atomic E-state index is 0.112. The van der Waals surface area contributed by atoms with E-state index in [9.17, 15) is 0 Å². The van der Waals surface area contributed by atoms with Gasteiger partial charge in [0.2, 0.25) is 0 Å². The molecule has 0 N–H and O–H groups in total. The molecule has 0 fully saturated rings. The molecule has 1 aromatic rings. The fourth-order valence-electron chi connectivity index (χ4n) is 1.77. The molecule has 0 aromatic heterocycles. The smallest absolute Gasteiger partial charge is 0.160 e. The maximum atomic E-state index is 5.71. The molecular weight excluding hydrogens is 236 g/mol. The van der Waals surface area contributed by atoms with Crippen LogP contribution in [0.15, 0.2) is 36.4 Å². The Bertz CT molecular complexity index is 349. The molecule has 0 bridgehead atoms. The van der Waals surface area contributed by atoms with Gasteiger partial charge in [0.15, 0.2) is 6.29 Å². The van der Waals surface area contributed by atoms with Gasteiger partial charge in [-0.2, -0.15) is 0 Å². The highest BCUT2D eigenvalue weighted by Crippen LogP contribution is 2.15. The molecule has 0 radical (unpaired) electrons. The van der Waals surface area contributed by atoms with Gasteiger partial charge in [0.05, 0.1) is 0 Å². The number of rotatable bonds is 9. The lowest BCUT2D eigenvalue weighted by Gasteiger charge is -2.17. The summed E-state index contributed by atoms with van der Waals surface area (Å²) in [4.78, 5) is 0. The predicted octanol–water partition coefficient (Wildman–Crippen LogP) is 4.66. The lowest BCUT2D eigenvalue weighted by atomic mass is 10.1. The average Bonchev–Trinajstić information content (AvgIpc) is 2.47. The molecule has 2 nitrogen and oxygen atoms in total. The molecule has 0 heterocycles. The first-order valence-electron chi connectivity index (χ1n) is 7.23. The van der Waals surface area contributed by atoms with E-state index < -0.39 is 0 Å². The predicted molar refractivity (Wildman–Crippen MR) is 81.0 cm³/mol. The van der Waals surface area contributed by atoms with E-state index in [0.29, 0.717) is 0 Å².